The van der Waals surface area contributed by atoms with Gasteiger partial charge >= 0.3 is 6.09 Å². The first-order valence-electron chi connectivity index (χ1n) is 20.3. The summed E-state index contributed by atoms with van der Waals surface area (Å²) in [6, 6.07) is 29.4. The molecule has 4 aromatic carbocycles. The second-order valence-electron chi connectivity index (χ2n) is 15.1. The molecule has 13 nitrogen and oxygen atoms in total. The maximum atomic E-state index is 12.9. The van der Waals surface area contributed by atoms with Crippen LogP contribution in [-0.2, 0) is 20.9 Å². The van der Waals surface area contributed by atoms with Crippen LogP contribution in [0.1, 0.15) is 61.3 Å². The number of H-pyrrole nitrogens is 1. The minimum absolute atomic E-state index is 0.0566. The average molecular weight is 803 g/mol. The zero-order valence-electron chi connectivity index (χ0n) is 33.7. The molecule has 13 heteroatoms. The number of hydrogen-bond acceptors (Lipinski definition) is 9. The van der Waals surface area contributed by atoms with Crippen LogP contribution in [0.4, 0.5) is 16.2 Å². The monoisotopic (exact) mass is 802 g/mol. The number of hydrogen-bond donors (Lipinski definition) is 6. The number of nitrogens with one attached hydrogen (secondary N) is 4. The van der Waals surface area contributed by atoms with Crippen LogP contribution in [0.15, 0.2) is 102 Å². The SMILES string of the molecule is Cc1cc(CNC[C@H](O)c2ccc(O)c3[nH]c(=O)ccc23)ccc1NC(=O)CCCCN(C)C(=O)CCN1CCC(OC(=O)Nc2ccccc2-c2ccccc2)CC1. The average Bonchev–Trinajstić information content (AvgIpc) is 3.23. The Morgan fingerprint density at radius 2 is 1.66 bits per heavy atom. The molecular weight excluding hydrogens is 749 g/mol. The molecule has 1 aliphatic rings. The molecule has 1 atom stereocenters. The van der Waals surface area contributed by atoms with Gasteiger partial charge < -0.3 is 40.4 Å². The number of aromatic nitrogens is 1. The molecule has 59 heavy (non-hydrogen) atoms. The van der Waals surface area contributed by atoms with Crippen molar-refractivity contribution >= 4 is 40.2 Å². The number of aromatic hydroxyl groups is 1. The van der Waals surface area contributed by atoms with E-state index in [2.05, 4.69) is 25.8 Å². The van der Waals surface area contributed by atoms with Crippen LogP contribution in [0.5, 0.6) is 5.75 Å². The lowest BCUT2D eigenvalue weighted by atomic mass is 10.0. The van der Waals surface area contributed by atoms with Crippen molar-refractivity contribution in [1.82, 2.24) is 20.1 Å². The van der Waals surface area contributed by atoms with Gasteiger partial charge in [-0.3, -0.25) is 19.7 Å². The maximum Gasteiger partial charge on any atom is 0.411 e. The van der Waals surface area contributed by atoms with E-state index in [9.17, 15) is 29.4 Å². The number of aromatic amines is 1. The predicted molar refractivity (Wildman–Crippen MR) is 230 cm³/mol. The van der Waals surface area contributed by atoms with Crippen molar-refractivity contribution < 1.29 is 29.3 Å². The van der Waals surface area contributed by atoms with Gasteiger partial charge in [-0.1, -0.05) is 66.7 Å². The van der Waals surface area contributed by atoms with Gasteiger partial charge in [-0.2, -0.15) is 0 Å². The van der Waals surface area contributed by atoms with Crippen molar-refractivity contribution in [1.29, 1.82) is 0 Å². The number of unbranched alkanes of at least 4 members (excludes halogenated alkanes) is 1. The van der Waals surface area contributed by atoms with Gasteiger partial charge in [0.1, 0.15) is 11.9 Å². The van der Waals surface area contributed by atoms with Crippen LogP contribution in [0.25, 0.3) is 22.0 Å². The predicted octanol–water partition coefficient (Wildman–Crippen LogP) is 6.70. The van der Waals surface area contributed by atoms with Gasteiger partial charge in [-0.05, 0) is 79.1 Å². The van der Waals surface area contributed by atoms with Crippen molar-refractivity contribution in [3.63, 3.8) is 0 Å². The fraction of sp³-hybridized carbons (Fsp3) is 0.348. The molecule has 0 saturated carbocycles. The molecule has 6 rings (SSSR count). The largest absolute Gasteiger partial charge is 0.506 e. The highest BCUT2D eigenvalue weighted by molar-refractivity contribution is 5.92. The number of rotatable bonds is 17. The van der Waals surface area contributed by atoms with E-state index in [1.54, 1.807) is 24.1 Å². The van der Waals surface area contributed by atoms with E-state index in [1.165, 1.54) is 12.1 Å². The summed E-state index contributed by atoms with van der Waals surface area (Å²) in [4.78, 5) is 56.7. The molecule has 1 aromatic heterocycles. The zero-order valence-corrected chi connectivity index (χ0v) is 33.7. The van der Waals surface area contributed by atoms with E-state index in [0.29, 0.717) is 80.3 Å². The Labute approximate surface area is 344 Å². The number of nitrogens with zero attached hydrogens (tertiary/aromatic N) is 2. The number of amides is 3. The molecule has 0 unspecified atom stereocenters. The molecule has 6 N–H and O–H groups in total. The van der Waals surface area contributed by atoms with Crippen molar-refractivity contribution in [3.8, 4) is 16.9 Å². The van der Waals surface area contributed by atoms with Crippen molar-refractivity contribution in [3.05, 3.63) is 124 Å². The lowest BCUT2D eigenvalue weighted by molar-refractivity contribution is -0.130. The third-order valence-corrected chi connectivity index (χ3v) is 10.8. The van der Waals surface area contributed by atoms with Crippen LogP contribution >= 0.6 is 0 Å². The van der Waals surface area contributed by atoms with E-state index < -0.39 is 12.2 Å². The topological polar surface area (TPSA) is 176 Å². The fourth-order valence-electron chi connectivity index (χ4n) is 7.41. The first kappa shape index (κ1) is 42.6. The summed E-state index contributed by atoms with van der Waals surface area (Å²) in [6.45, 7) is 5.39. The van der Waals surface area contributed by atoms with Crippen LogP contribution in [0.3, 0.4) is 0 Å². The zero-order chi connectivity index (χ0) is 41.7. The summed E-state index contributed by atoms with van der Waals surface area (Å²) in [6.07, 6.45) is 2.02. The summed E-state index contributed by atoms with van der Waals surface area (Å²) in [7, 11) is 1.80. The number of likely N-dealkylation sites (tertiary alicyclic amines) is 1. The van der Waals surface area contributed by atoms with E-state index in [0.717, 1.165) is 41.0 Å². The molecule has 0 aliphatic carbocycles. The molecule has 310 valence electrons. The van der Waals surface area contributed by atoms with Gasteiger partial charge in [-0.15, -0.1) is 0 Å². The van der Waals surface area contributed by atoms with Gasteiger partial charge in [0.05, 0.1) is 17.3 Å². The highest BCUT2D eigenvalue weighted by atomic mass is 16.6. The summed E-state index contributed by atoms with van der Waals surface area (Å²) in [5.74, 6) is -0.0744. The number of piperidine rings is 1. The standard InChI is InChI=1S/C46H54N6O7/c1-31-28-32(29-47-30-41(54)36-16-19-40(53)45-37(36)17-20-43(56)50-45)15-18-38(31)48-42(55)14-8-9-24-51(2)44(57)23-27-52-25-21-34(22-26-52)59-46(58)49-39-13-7-6-12-35(39)33-10-4-3-5-11-33/h3-7,10-13,15-20,28,34,41,47,53-54H,8-9,14,21-27,29-30H2,1-2H3,(H,48,55)(H,49,58)(H,50,56)/t41-/m0/s1. The minimum Gasteiger partial charge on any atom is -0.506 e. The molecule has 0 spiro atoms. The molecule has 0 radical (unpaired) electrons. The van der Waals surface area contributed by atoms with Gasteiger partial charge in [0, 0.05) is 81.9 Å². The van der Waals surface area contributed by atoms with E-state index in [-0.39, 0.29) is 35.8 Å². The van der Waals surface area contributed by atoms with Crippen LogP contribution in [0.2, 0.25) is 0 Å². The highest BCUT2D eigenvalue weighted by Crippen LogP contribution is 2.30. The number of carbonyl (C=O) groups is 3. The van der Waals surface area contributed by atoms with Crippen LogP contribution in [-0.4, -0.2) is 88.8 Å². The lowest BCUT2D eigenvalue weighted by Gasteiger charge is -2.31. The Balaban J connectivity index is 0.830. The van der Waals surface area contributed by atoms with Crippen molar-refractivity contribution in [2.45, 2.75) is 64.2 Å². The third kappa shape index (κ3) is 12.0. The van der Waals surface area contributed by atoms with E-state index in [4.69, 9.17) is 4.74 Å². The Hall–Kier alpha value is -6.02. The second kappa shape index (κ2) is 20.6. The van der Waals surface area contributed by atoms with Gasteiger partial charge in [0.2, 0.25) is 17.4 Å². The molecule has 1 saturated heterocycles. The minimum atomic E-state index is -0.865. The first-order chi connectivity index (χ1) is 28.5. The Bertz CT molecular complexity index is 2270. The smallest absolute Gasteiger partial charge is 0.411 e. The molecule has 5 aromatic rings. The van der Waals surface area contributed by atoms with Gasteiger partial charge in [-0.25, -0.2) is 4.79 Å². The summed E-state index contributed by atoms with van der Waals surface area (Å²) >= 11 is 0. The number of phenolic OH excluding ortho intramolecular Hbond substituents is 1. The fourth-order valence-corrected chi connectivity index (χ4v) is 7.41. The molecule has 1 fully saturated rings. The molecule has 3 amide bonds. The number of ether oxygens (including phenoxy) is 1. The highest BCUT2D eigenvalue weighted by Gasteiger charge is 2.24. The molecular formula is C46H54N6O7. The van der Waals surface area contributed by atoms with Crippen molar-refractivity contribution in [2.75, 3.05) is 50.4 Å². The van der Waals surface area contributed by atoms with E-state index in [1.807, 2.05) is 79.7 Å². The first-order valence-corrected chi connectivity index (χ1v) is 20.3. The second-order valence-corrected chi connectivity index (χ2v) is 15.1. The third-order valence-electron chi connectivity index (χ3n) is 10.8. The number of phenols is 1. The maximum absolute atomic E-state index is 12.9. The number of carbonyl (C=O) groups excluding carboxylic acids is 3. The molecule has 2 heterocycles. The molecule has 0 bridgehead atoms. The quantitative estimate of drug-likeness (QED) is 0.0559. The summed E-state index contributed by atoms with van der Waals surface area (Å²) < 4.78 is 5.76. The summed E-state index contributed by atoms with van der Waals surface area (Å²) in [5.41, 5.74) is 5.84. The summed E-state index contributed by atoms with van der Waals surface area (Å²) in [5, 5.41) is 30.7. The number of aliphatic hydroxyl groups is 1. The Morgan fingerprint density at radius 1 is 0.898 bits per heavy atom. The number of aliphatic hydroxyl groups excluding tert-OH is 1. The van der Waals surface area contributed by atoms with Crippen LogP contribution < -0.4 is 21.5 Å². The number of benzene rings is 4. The number of para-hydroxylation sites is 1. The van der Waals surface area contributed by atoms with Gasteiger partial charge in [0.15, 0.2) is 0 Å². The van der Waals surface area contributed by atoms with Crippen molar-refractivity contribution in [2.24, 2.45) is 0 Å². The number of pyridine rings is 1. The molecule has 1 aliphatic heterocycles. The number of aryl methyl sites for hydroxylation is 1. The van der Waals surface area contributed by atoms with Crippen LogP contribution in [0, 0.1) is 6.92 Å². The number of fused-ring (bicyclic) bond motifs is 1. The Morgan fingerprint density at radius 3 is 2.44 bits per heavy atom. The normalized spacial score (nSPS) is 13.8. The van der Waals surface area contributed by atoms with Gasteiger partial charge in [0.25, 0.3) is 0 Å². The lowest BCUT2D eigenvalue weighted by Crippen LogP contribution is -2.40. The van der Waals surface area contributed by atoms with E-state index >= 15 is 0 Å². The number of anilines is 2. The Kier molecular flexibility index (Phi) is 14.9.